The van der Waals surface area contributed by atoms with E-state index in [9.17, 15) is 4.79 Å². The second-order valence-electron chi connectivity index (χ2n) is 7.45. The van der Waals surface area contributed by atoms with Crippen molar-refractivity contribution in [3.63, 3.8) is 0 Å². The number of aryl methyl sites for hydroxylation is 1. The third-order valence-electron chi connectivity index (χ3n) is 5.40. The third-order valence-corrected chi connectivity index (χ3v) is 6.84. The molecular formula is C22H19ClN4O2S. The first-order chi connectivity index (χ1) is 14.6. The molecule has 0 bridgehead atoms. The van der Waals surface area contributed by atoms with Crippen molar-refractivity contribution >= 4 is 39.1 Å². The Kier molecular flexibility index (Phi) is 5.00. The summed E-state index contributed by atoms with van der Waals surface area (Å²) in [5.74, 6) is 1.49. The van der Waals surface area contributed by atoms with Crippen LogP contribution in [0.5, 0.6) is 0 Å². The van der Waals surface area contributed by atoms with Crippen LogP contribution in [-0.2, 0) is 0 Å². The molecule has 0 saturated carbocycles. The van der Waals surface area contributed by atoms with E-state index in [4.69, 9.17) is 21.1 Å². The van der Waals surface area contributed by atoms with E-state index in [1.807, 2.05) is 47.4 Å². The van der Waals surface area contributed by atoms with Crippen molar-refractivity contribution in [1.82, 2.24) is 20.0 Å². The molecule has 0 N–H and O–H groups in total. The number of amides is 1. The first kappa shape index (κ1) is 19.2. The van der Waals surface area contributed by atoms with Gasteiger partial charge < -0.3 is 9.42 Å². The summed E-state index contributed by atoms with van der Waals surface area (Å²) in [6, 6.07) is 13.2. The number of thiazole rings is 1. The number of fused-ring (bicyclic) bond motifs is 1. The van der Waals surface area contributed by atoms with Gasteiger partial charge in [-0.2, -0.15) is 4.98 Å². The number of halogens is 1. The van der Waals surface area contributed by atoms with Crippen molar-refractivity contribution in [2.45, 2.75) is 25.7 Å². The van der Waals surface area contributed by atoms with Crippen LogP contribution < -0.4 is 0 Å². The first-order valence-electron chi connectivity index (χ1n) is 9.83. The highest BCUT2D eigenvalue weighted by Crippen LogP contribution is 2.35. The van der Waals surface area contributed by atoms with Crippen LogP contribution in [0, 0.1) is 6.92 Å². The molecule has 6 nitrogen and oxygen atoms in total. The Balaban J connectivity index is 1.25. The summed E-state index contributed by atoms with van der Waals surface area (Å²) in [5, 5.41) is 5.65. The van der Waals surface area contributed by atoms with Crippen LogP contribution in [-0.4, -0.2) is 39.0 Å². The second-order valence-corrected chi connectivity index (χ2v) is 8.95. The fraction of sp³-hybridized carbons (Fsp3) is 0.273. The molecule has 4 aromatic rings. The minimum atomic E-state index is 0.0535. The minimum absolute atomic E-state index is 0.0535. The van der Waals surface area contributed by atoms with Crippen LogP contribution in [0.2, 0.25) is 5.02 Å². The number of hydrogen-bond donors (Lipinski definition) is 0. The summed E-state index contributed by atoms with van der Waals surface area (Å²) in [7, 11) is 0. The number of rotatable bonds is 3. The molecule has 0 aliphatic carbocycles. The number of hydrogen-bond acceptors (Lipinski definition) is 6. The maximum Gasteiger partial charge on any atom is 0.257 e. The molecule has 30 heavy (non-hydrogen) atoms. The average molecular weight is 439 g/mol. The Morgan fingerprint density at radius 1 is 1.13 bits per heavy atom. The Morgan fingerprint density at radius 2 is 1.90 bits per heavy atom. The lowest BCUT2D eigenvalue weighted by Gasteiger charge is -2.31. The van der Waals surface area contributed by atoms with Gasteiger partial charge in [0.1, 0.15) is 0 Å². The van der Waals surface area contributed by atoms with E-state index in [1.165, 1.54) is 0 Å². The Morgan fingerprint density at radius 3 is 2.60 bits per heavy atom. The molecule has 0 unspecified atom stereocenters. The molecule has 2 aromatic carbocycles. The van der Waals surface area contributed by atoms with E-state index < -0.39 is 0 Å². The molecule has 1 saturated heterocycles. The molecule has 3 heterocycles. The monoisotopic (exact) mass is 438 g/mol. The van der Waals surface area contributed by atoms with Gasteiger partial charge in [-0.25, -0.2) is 4.98 Å². The van der Waals surface area contributed by atoms with Crippen LogP contribution in [0.15, 0.2) is 47.0 Å². The second kappa shape index (κ2) is 7.81. The highest BCUT2D eigenvalue weighted by Gasteiger charge is 2.26. The maximum atomic E-state index is 12.9. The van der Waals surface area contributed by atoms with Crippen LogP contribution >= 0.6 is 22.9 Å². The molecule has 0 radical (unpaired) electrons. The predicted octanol–water partition coefficient (Wildman–Crippen LogP) is 5.33. The summed E-state index contributed by atoms with van der Waals surface area (Å²) < 4.78 is 6.34. The molecule has 0 atom stereocenters. The van der Waals surface area contributed by atoms with E-state index in [2.05, 4.69) is 10.1 Å². The highest BCUT2D eigenvalue weighted by atomic mass is 35.5. The molecule has 152 valence electrons. The summed E-state index contributed by atoms with van der Waals surface area (Å²) in [5.41, 5.74) is 2.43. The fourth-order valence-electron chi connectivity index (χ4n) is 3.77. The van der Waals surface area contributed by atoms with Gasteiger partial charge in [0.2, 0.25) is 0 Å². The van der Waals surface area contributed by atoms with Gasteiger partial charge in [-0.15, -0.1) is 11.3 Å². The number of aromatic nitrogens is 3. The smallest absolute Gasteiger partial charge is 0.257 e. The predicted molar refractivity (Wildman–Crippen MR) is 117 cm³/mol. The molecule has 1 aliphatic heterocycles. The number of nitrogens with zero attached hydrogens (tertiary/aromatic N) is 4. The summed E-state index contributed by atoms with van der Waals surface area (Å²) in [6.45, 7) is 3.23. The number of benzene rings is 2. The van der Waals surface area contributed by atoms with E-state index >= 15 is 0 Å². The summed E-state index contributed by atoms with van der Waals surface area (Å²) in [6.07, 6.45) is 1.83. The zero-order chi connectivity index (χ0) is 20.7. The maximum absolute atomic E-state index is 12.9. The number of carbonyl (C=O) groups excluding carboxylic acids is 1. The molecule has 0 spiro atoms. The number of piperidine rings is 1. The third kappa shape index (κ3) is 3.70. The normalized spacial score (nSPS) is 15.1. The van der Waals surface area contributed by atoms with Crippen LogP contribution in [0.4, 0.5) is 0 Å². The summed E-state index contributed by atoms with van der Waals surface area (Å²) >= 11 is 7.81. The van der Waals surface area contributed by atoms with E-state index in [0.717, 1.165) is 46.7 Å². The van der Waals surface area contributed by atoms with Crippen molar-refractivity contribution in [2.24, 2.45) is 0 Å². The average Bonchev–Trinajstić information content (AvgIpc) is 3.39. The lowest BCUT2D eigenvalue weighted by atomic mass is 9.97. The Labute approximate surface area is 182 Å². The lowest BCUT2D eigenvalue weighted by molar-refractivity contribution is 0.0713. The first-order valence-corrected chi connectivity index (χ1v) is 11.0. The van der Waals surface area contributed by atoms with Crippen LogP contribution in [0.25, 0.3) is 21.7 Å². The quantitative estimate of drug-likeness (QED) is 0.432. The van der Waals surface area contributed by atoms with Crippen molar-refractivity contribution in [3.05, 3.63) is 63.9 Å². The zero-order valence-electron chi connectivity index (χ0n) is 16.3. The van der Waals surface area contributed by atoms with Gasteiger partial charge in [0, 0.05) is 35.2 Å². The van der Waals surface area contributed by atoms with Crippen molar-refractivity contribution < 1.29 is 9.32 Å². The number of likely N-dealkylation sites (tertiary alicyclic amines) is 1. The van der Waals surface area contributed by atoms with Gasteiger partial charge >= 0.3 is 0 Å². The van der Waals surface area contributed by atoms with Crippen LogP contribution in [0.3, 0.4) is 0 Å². The Bertz CT molecular complexity index is 1210. The Hall–Kier alpha value is -2.77. The standard InChI is InChI=1S/C22H19ClN4O2S/c1-13-24-20(29-26-13)14-2-4-16(5-3-14)22(28)27-10-8-15(9-11-27)21-25-18-12-17(23)6-7-19(18)30-21/h2-7,12,15H,8-11H2,1H3. The molecular weight excluding hydrogens is 420 g/mol. The van der Waals surface area contributed by atoms with E-state index in [1.54, 1.807) is 18.3 Å². The molecule has 5 rings (SSSR count). The molecule has 1 fully saturated rings. The highest BCUT2D eigenvalue weighted by molar-refractivity contribution is 7.18. The SMILES string of the molecule is Cc1noc(-c2ccc(C(=O)N3CCC(c4nc5cc(Cl)ccc5s4)CC3)cc2)n1. The minimum Gasteiger partial charge on any atom is -0.339 e. The van der Waals surface area contributed by atoms with Gasteiger partial charge in [-0.3, -0.25) is 4.79 Å². The molecule has 2 aromatic heterocycles. The van der Waals surface area contributed by atoms with E-state index in [-0.39, 0.29) is 5.91 Å². The van der Waals surface area contributed by atoms with Gasteiger partial charge in [0.15, 0.2) is 5.82 Å². The lowest BCUT2D eigenvalue weighted by Crippen LogP contribution is -2.37. The largest absolute Gasteiger partial charge is 0.339 e. The fourth-order valence-corrected chi connectivity index (χ4v) is 5.06. The zero-order valence-corrected chi connectivity index (χ0v) is 17.9. The molecule has 1 amide bonds. The summed E-state index contributed by atoms with van der Waals surface area (Å²) in [4.78, 5) is 23.8. The van der Waals surface area contributed by atoms with Crippen LogP contribution in [0.1, 0.15) is 39.9 Å². The van der Waals surface area contributed by atoms with Gasteiger partial charge in [-0.05, 0) is 62.2 Å². The van der Waals surface area contributed by atoms with Gasteiger partial charge in [-0.1, -0.05) is 16.8 Å². The van der Waals surface area contributed by atoms with Gasteiger partial charge in [0.05, 0.1) is 15.2 Å². The number of carbonyl (C=O) groups is 1. The molecule has 1 aliphatic rings. The van der Waals surface area contributed by atoms with Crippen molar-refractivity contribution in [1.29, 1.82) is 0 Å². The van der Waals surface area contributed by atoms with Gasteiger partial charge in [0.25, 0.3) is 11.8 Å². The topological polar surface area (TPSA) is 72.1 Å². The van der Waals surface area contributed by atoms with E-state index in [0.29, 0.717) is 28.2 Å². The van der Waals surface area contributed by atoms with Crippen molar-refractivity contribution in [2.75, 3.05) is 13.1 Å². The molecule has 8 heteroatoms. The van der Waals surface area contributed by atoms with Crippen molar-refractivity contribution in [3.8, 4) is 11.5 Å².